The van der Waals surface area contributed by atoms with Crippen molar-refractivity contribution in [1.82, 2.24) is 15.0 Å². The lowest BCUT2D eigenvalue weighted by Gasteiger charge is -2.38. The van der Waals surface area contributed by atoms with Gasteiger partial charge in [-0.1, -0.05) is 53.5 Å². The summed E-state index contributed by atoms with van der Waals surface area (Å²) < 4.78 is 69.1. The summed E-state index contributed by atoms with van der Waals surface area (Å²) in [5, 5.41) is 0.305. The Bertz CT molecular complexity index is 2130. The minimum atomic E-state index is -3.95. The van der Waals surface area contributed by atoms with E-state index in [1.54, 1.807) is 17.0 Å². The maximum atomic E-state index is 17.0. The van der Waals surface area contributed by atoms with Crippen molar-refractivity contribution in [1.29, 1.82) is 0 Å². The van der Waals surface area contributed by atoms with Crippen LogP contribution in [0.2, 0.25) is 16.6 Å². The summed E-state index contributed by atoms with van der Waals surface area (Å²) >= 11 is 0. The molecule has 1 saturated heterocycles. The highest BCUT2D eigenvalue weighted by Gasteiger charge is 2.42. The summed E-state index contributed by atoms with van der Waals surface area (Å²) in [6, 6.07) is 5.34. The summed E-state index contributed by atoms with van der Waals surface area (Å²) in [5.74, 6) is 1.52. The van der Waals surface area contributed by atoms with E-state index in [0.29, 0.717) is 30.2 Å². The predicted octanol–water partition coefficient (Wildman–Crippen LogP) is 6.53. The molecule has 3 heterocycles. The van der Waals surface area contributed by atoms with Crippen molar-refractivity contribution in [3.63, 3.8) is 0 Å². The zero-order valence-electron chi connectivity index (χ0n) is 29.6. The molecule has 5 rings (SSSR count). The number of aromatic nitrogens is 3. The van der Waals surface area contributed by atoms with Gasteiger partial charge in [0.25, 0.3) is 0 Å². The zero-order chi connectivity index (χ0) is 36.7. The molecule has 1 amide bonds. The van der Waals surface area contributed by atoms with Crippen molar-refractivity contribution in [3.8, 4) is 28.5 Å². The molecule has 4 aromatic rings. The van der Waals surface area contributed by atoms with Crippen molar-refractivity contribution in [2.24, 2.45) is 5.73 Å². The van der Waals surface area contributed by atoms with Crippen molar-refractivity contribution >= 4 is 51.3 Å². The van der Waals surface area contributed by atoms with Crippen LogP contribution in [-0.4, -0.2) is 70.1 Å². The first kappa shape index (κ1) is 37.1. The first-order chi connectivity index (χ1) is 23.5. The molecule has 1 aliphatic heterocycles. The van der Waals surface area contributed by atoms with Gasteiger partial charge in [0.15, 0.2) is 12.6 Å². The van der Waals surface area contributed by atoms with Crippen LogP contribution in [0.1, 0.15) is 59.9 Å². The average molecular weight is 724 g/mol. The zero-order valence-corrected chi connectivity index (χ0v) is 31.4. The second-order valence-corrected chi connectivity index (χ2v) is 21.2. The molecule has 0 bridgehead atoms. The highest BCUT2D eigenvalue weighted by Crippen LogP contribution is 2.43. The van der Waals surface area contributed by atoms with Crippen LogP contribution in [0.4, 0.5) is 14.6 Å². The van der Waals surface area contributed by atoms with Gasteiger partial charge in [0.1, 0.15) is 42.7 Å². The van der Waals surface area contributed by atoms with E-state index >= 15 is 8.78 Å². The van der Waals surface area contributed by atoms with Crippen LogP contribution in [0.25, 0.3) is 32.9 Å². The smallest absolute Gasteiger partial charge is 0.247 e. The van der Waals surface area contributed by atoms with Crippen molar-refractivity contribution in [2.75, 3.05) is 31.6 Å². The van der Waals surface area contributed by atoms with E-state index < -0.39 is 46.7 Å². The highest BCUT2D eigenvalue weighted by molar-refractivity contribution is 7.90. The molecule has 2 N–H and O–H groups in total. The number of nitrogens with zero attached hydrogens (tertiary/aromatic N) is 4. The number of carbonyl (C=O) groups is 1. The van der Waals surface area contributed by atoms with E-state index in [1.807, 2.05) is 0 Å². The lowest BCUT2D eigenvalue weighted by Crippen LogP contribution is -2.43. The topological polar surface area (TPSA) is 138 Å². The summed E-state index contributed by atoms with van der Waals surface area (Å²) in [6.07, 6.45) is 3.15. The fraction of sp³-hybridized carbons (Fsp3) is 0.444. The second kappa shape index (κ2) is 14.2. The monoisotopic (exact) mass is 723 g/mol. The van der Waals surface area contributed by atoms with E-state index in [4.69, 9.17) is 20.2 Å². The molecule has 2 aromatic carbocycles. The molecule has 14 heteroatoms. The van der Waals surface area contributed by atoms with Gasteiger partial charge in [-0.25, -0.2) is 32.2 Å². The molecule has 0 aliphatic carbocycles. The van der Waals surface area contributed by atoms with E-state index in [1.165, 1.54) is 25.4 Å². The Morgan fingerprint density at radius 2 is 1.78 bits per heavy atom. The number of rotatable bonds is 10. The Balaban J connectivity index is 1.94. The van der Waals surface area contributed by atoms with Gasteiger partial charge in [-0.3, -0.25) is 4.79 Å². The van der Waals surface area contributed by atoms with Gasteiger partial charge in [-0.05, 0) is 53.1 Å². The van der Waals surface area contributed by atoms with Gasteiger partial charge in [-0.15, -0.1) is 5.54 Å². The standard InChI is InChI=1S/C36H43F2N5O5SSi/c1-20(2)50(21(3)4,22(5)6)15-13-25-28(37)12-11-23-16-24(48-19-47-7)17-26(30(23)25)32-31(38)33-27(18-40-36(42-33)49(8,45)46)35(41-32)43-14-9-10-29(43)34(39)44/h11-12,16-18,20-22,29H,9-10,14,19H2,1-8H3,(H2,39,44). The van der Waals surface area contributed by atoms with Gasteiger partial charge < -0.3 is 20.1 Å². The Morgan fingerprint density at radius 3 is 2.38 bits per heavy atom. The third-order valence-corrected chi connectivity index (χ3v) is 16.9. The fourth-order valence-corrected chi connectivity index (χ4v) is 13.2. The first-order valence-corrected chi connectivity index (χ1v) is 20.7. The number of halogens is 2. The van der Waals surface area contributed by atoms with Gasteiger partial charge in [0.2, 0.25) is 20.9 Å². The number of nitrogens with two attached hydrogens (primary N) is 1. The molecule has 2 aromatic heterocycles. The normalized spacial score (nSPS) is 15.4. The number of amides is 1. The molecule has 0 saturated carbocycles. The van der Waals surface area contributed by atoms with E-state index in [9.17, 15) is 13.2 Å². The third kappa shape index (κ3) is 6.66. The van der Waals surface area contributed by atoms with E-state index in [-0.39, 0.29) is 62.7 Å². The second-order valence-electron chi connectivity index (χ2n) is 13.7. The molecule has 1 atom stereocenters. The summed E-state index contributed by atoms with van der Waals surface area (Å²) in [4.78, 5) is 27.1. The number of hydrogen-bond donors (Lipinski definition) is 1. The van der Waals surface area contributed by atoms with E-state index in [0.717, 1.165) is 6.26 Å². The van der Waals surface area contributed by atoms with Crippen molar-refractivity contribution < 1.29 is 31.5 Å². The van der Waals surface area contributed by atoms with Gasteiger partial charge in [0.05, 0.1) is 10.9 Å². The van der Waals surface area contributed by atoms with Crippen LogP contribution in [0.15, 0.2) is 35.6 Å². The third-order valence-electron chi connectivity index (χ3n) is 9.74. The maximum absolute atomic E-state index is 17.0. The van der Waals surface area contributed by atoms with Gasteiger partial charge in [0, 0.05) is 37.1 Å². The fourth-order valence-electron chi connectivity index (χ4n) is 7.45. The van der Waals surface area contributed by atoms with Crippen molar-refractivity contribution in [3.05, 3.63) is 47.7 Å². The summed E-state index contributed by atoms with van der Waals surface area (Å²) in [5.41, 5.74) is 9.78. The minimum Gasteiger partial charge on any atom is -0.468 e. The Labute approximate surface area is 292 Å². The first-order valence-electron chi connectivity index (χ1n) is 16.6. The molecule has 0 spiro atoms. The van der Waals surface area contributed by atoms with Crippen LogP contribution in [0.5, 0.6) is 5.75 Å². The molecule has 1 fully saturated rings. The minimum absolute atomic E-state index is 0.0770. The molecule has 10 nitrogen and oxygen atoms in total. The average Bonchev–Trinajstić information content (AvgIpc) is 3.54. The Kier molecular flexibility index (Phi) is 10.5. The van der Waals surface area contributed by atoms with Gasteiger partial charge >= 0.3 is 0 Å². The molecule has 1 aliphatic rings. The number of carbonyl (C=O) groups excluding carboxylic acids is 1. The van der Waals surface area contributed by atoms with E-state index in [2.05, 4.69) is 63.0 Å². The molecular formula is C36H43F2N5O5SSi. The Hall–Kier alpha value is -4.19. The van der Waals surface area contributed by atoms with Crippen LogP contribution in [-0.2, 0) is 19.4 Å². The quantitative estimate of drug-likeness (QED) is 0.0838. The molecular weight excluding hydrogens is 681 g/mol. The number of primary amides is 1. The largest absolute Gasteiger partial charge is 0.468 e. The number of fused-ring (bicyclic) bond motifs is 2. The molecule has 50 heavy (non-hydrogen) atoms. The number of methoxy groups -OCH3 is 1. The summed E-state index contributed by atoms with van der Waals surface area (Å²) in [7, 11) is -4.83. The lowest BCUT2D eigenvalue weighted by molar-refractivity contribution is -0.119. The lowest BCUT2D eigenvalue weighted by atomic mass is 9.95. The van der Waals surface area contributed by atoms with Crippen LogP contribution < -0.4 is 15.4 Å². The van der Waals surface area contributed by atoms with Crippen LogP contribution in [0, 0.1) is 23.1 Å². The number of hydrogen-bond acceptors (Lipinski definition) is 9. The number of anilines is 1. The number of pyridine rings is 1. The van der Waals surface area contributed by atoms with Crippen molar-refractivity contribution in [2.45, 2.75) is 82.2 Å². The van der Waals surface area contributed by atoms with Crippen LogP contribution >= 0.6 is 0 Å². The number of sulfone groups is 1. The van der Waals surface area contributed by atoms with Crippen LogP contribution in [0.3, 0.4) is 0 Å². The Morgan fingerprint density at radius 1 is 1.10 bits per heavy atom. The molecule has 1 unspecified atom stereocenters. The summed E-state index contributed by atoms with van der Waals surface area (Å²) in [6.45, 7) is 13.2. The van der Waals surface area contributed by atoms with Gasteiger partial charge in [-0.2, -0.15) is 0 Å². The number of benzene rings is 2. The maximum Gasteiger partial charge on any atom is 0.247 e. The molecule has 266 valence electrons. The molecule has 0 radical (unpaired) electrons. The predicted molar refractivity (Wildman–Crippen MR) is 193 cm³/mol. The SMILES string of the molecule is COCOc1cc(-c2nc(N3CCCC3C(N)=O)c3cnc(S(C)(=O)=O)nc3c2F)c2c(C#C[Si](C(C)C)(C(C)C)C(C)C)c(F)ccc2c1. The number of ether oxygens (including phenoxy) is 2. The highest BCUT2D eigenvalue weighted by atomic mass is 32.2.